The second kappa shape index (κ2) is 15.7. The van der Waals surface area contributed by atoms with Crippen LogP contribution in [0.15, 0.2) is 22.9 Å². The molecular weight excluding hydrogens is 787 g/mol. The average molecular weight is 825 g/mol. The Labute approximate surface area is 326 Å². The number of amides is 2. The van der Waals surface area contributed by atoms with E-state index >= 15 is 0 Å². The van der Waals surface area contributed by atoms with E-state index in [1.54, 1.807) is 4.90 Å². The van der Waals surface area contributed by atoms with Gasteiger partial charge in [-0.2, -0.15) is 5.21 Å². The summed E-state index contributed by atoms with van der Waals surface area (Å²) in [6, 6.07) is 2.54. The number of nitrogen functional groups attached to an aromatic ring is 1. The highest BCUT2D eigenvalue weighted by Crippen LogP contribution is 2.48. The number of benzene rings is 1. The van der Waals surface area contributed by atoms with Crippen LogP contribution in [0.3, 0.4) is 0 Å². The molecule has 0 saturated carbocycles. The van der Waals surface area contributed by atoms with Gasteiger partial charge in [-0.15, -0.1) is 22.0 Å². The van der Waals surface area contributed by atoms with Crippen LogP contribution in [0.1, 0.15) is 61.4 Å². The molecule has 2 amide bonds. The Bertz CT molecular complexity index is 2030. The number of aromatic hydroxyl groups is 2. The number of piperidine rings is 1. The number of fused-ring (bicyclic) bond motifs is 1. The molecule has 1 aromatic carbocycles. The number of phenols is 2. The third-order valence-corrected chi connectivity index (χ3v) is 12.5. The van der Waals surface area contributed by atoms with E-state index in [-0.39, 0.29) is 56.2 Å². The van der Waals surface area contributed by atoms with Crippen molar-refractivity contribution in [3.8, 4) is 11.5 Å². The molecule has 5 heterocycles. The number of thiazole rings is 1. The number of thioether (sulfide) groups is 1. The lowest BCUT2D eigenvalue weighted by Gasteiger charge is -2.51. The summed E-state index contributed by atoms with van der Waals surface area (Å²) in [5, 5.41) is 50.0. The zero-order valence-electron chi connectivity index (χ0n) is 29.0. The van der Waals surface area contributed by atoms with Crippen LogP contribution in [0.2, 0.25) is 9.36 Å². The Morgan fingerprint density at radius 2 is 1.94 bits per heavy atom. The van der Waals surface area contributed by atoms with Gasteiger partial charge in [0.1, 0.15) is 16.6 Å². The van der Waals surface area contributed by atoms with Gasteiger partial charge in [-0.1, -0.05) is 39.7 Å². The number of quaternary nitrogens is 1. The van der Waals surface area contributed by atoms with Gasteiger partial charge in [-0.05, 0) is 50.5 Å². The number of aromatic nitrogens is 5. The van der Waals surface area contributed by atoms with Gasteiger partial charge in [-0.25, -0.2) is 9.78 Å². The number of nitrogens with zero attached hydrogens (tertiary/aromatic N) is 7. The Kier molecular flexibility index (Phi) is 11.4. The van der Waals surface area contributed by atoms with Crippen molar-refractivity contribution in [2.75, 3.05) is 44.2 Å². The first kappa shape index (κ1) is 39.2. The lowest BCUT2D eigenvalue weighted by molar-refractivity contribution is -0.927. The molecule has 7 N–H and O–H groups in total. The van der Waals surface area contributed by atoms with Crippen molar-refractivity contribution in [1.82, 2.24) is 35.8 Å². The molecule has 2 aromatic heterocycles. The van der Waals surface area contributed by atoms with E-state index in [2.05, 4.69) is 36.1 Å². The van der Waals surface area contributed by atoms with Crippen molar-refractivity contribution in [3.05, 3.63) is 44.1 Å². The van der Waals surface area contributed by atoms with Gasteiger partial charge in [0, 0.05) is 17.7 Å². The topological polar surface area (TPSA) is 259 Å². The lowest BCUT2D eigenvalue weighted by atomic mass is 9.88. The summed E-state index contributed by atoms with van der Waals surface area (Å²) < 4.78 is 0.666. The number of carbonyl (C=O) groups is 4. The number of oxime groups is 1. The number of tetrazole rings is 1. The van der Waals surface area contributed by atoms with Crippen molar-refractivity contribution < 1.29 is 43.8 Å². The minimum Gasteiger partial charge on any atom is -0.504 e. The molecule has 0 spiro atoms. The Morgan fingerprint density at radius 3 is 2.59 bits per heavy atom. The van der Waals surface area contributed by atoms with Gasteiger partial charge < -0.3 is 35.7 Å². The van der Waals surface area contributed by atoms with Gasteiger partial charge in [0.25, 0.3) is 5.91 Å². The molecule has 3 aliphatic heterocycles. The van der Waals surface area contributed by atoms with Crippen LogP contribution in [0.4, 0.5) is 5.13 Å². The SMILES string of the molecule is CC(C)(O/N=C(\C(=O)C[C@@H]1C(=O)N2C(c3nn[nH]n3)=C(C[N+]3(CCNC(=O)c4ccc(O)c(O)c4Cl)CCCCC3)CS[C@H]12)c1nc(N)sc1Cl)C(=O)O. The van der Waals surface area contributed by atoms with E-state index in [0.717, 1.165) is 49.3 Å². The number of nitrogens with one attached hydrogen (secondary N) is 2. The van der Waals surface area contributed by atoms with Crippen molar-refractivity contribution in [2.45, 2.75) is 50.5 Å². The molecule has 18 nitrogen and oxygen atoms in total. The number of rotatable bonds is 14. The third-order valence-electron chi connectivity index (χ3n) is 9.59. The highest BCUT2D eigenvalue weighted by molar-refractivity contribution is 8.00. The normalized spacial score (nSPS) is 20.0. The number of carboxylic acid groups (broad SMARTS) is 1. The van der Waals surface area contributed by atoms with E-state index in [0.29, 0.717) is 29.0 Å². The number of phenolic OH excluding ortho intramolecular Hbond substituents is 2. The van der Waals surface area contributed by atoms with Crippen molar-refractivity contribution in [1.29, 1.82) is 0 Å². The summed E-state index contributed by atoms with van der Waals surface area (Å²) in [6.45, 7) is 5.56. The summed E-state index contributed by atoms with van der Waals surface area (Å²) >= 11 is 14.8. The molecule has 0 bridgehead atoms. The van der Waals surface area contributed by atoms with Crippen LogP contribution in [-0.4, -0.2) is 129 Å². The van der Waals surface area contributed by atoms with E-state index in [1.165, 1.54) is 37.7 Å². The quantitative estimate of drug-likeness (QED) is 0.0449. The molecular formula is C32H37Cl2N10O8S2+. The predicted octanol–water partition coefficient (Wildman–Crippen LogP) is 2.87. The monoisotopic (exact) mass is 823 g/mol. The molecule has 6 rings (SSSR count). The van der Waals surface area contributed by atoms with Crippen LogP contribution in [0.25, 0.3) is 5.70 Å². The van der Waals surface area contributed by atoms with E-state index < -0.39 is 46.1 Å². The maximum atomic E-state index is 14.0. The van der Waals surface area contributed by atoms with Gasteiger partial charge in [0.2, 0.25) is 17.3 Å². The number of carboxylic acids is 1. The Hall–Kier alpha value is -4.50. The molecule has 0 radical (unpaired) electrons. The number of β-lactam (4-membered cyclic amide) rings is 1. The van der Waals surface area contributed by atoms with Crippen LogP contribution in [0, 0.1) is 5.92 Å². The molecule has 288 valence electrons. The number of halogens is 2. The van der Waals surface area contributed by atoms with Crippen LogP contribution in [0.5, 0.6) is 11.5 Å². The second-order valence-electron chi connectivity index (χ2n) is 13.6. The third kappa shape index (κ3) is 7.83. The molecule has 3 aliphatic rings. The van der Waals surface area contributed by atoms with Crippen LogP contribution >= 0.6 is 46.3 Å². The number of H-pyrrole nitrogens is 1. The van der Waals surface area contributed by atoms with Crippen LogP contribution < -0.4 is 11.1 Å². The van der Waals surface area contributed by atoms with Gasteiger partial charge in [0.05, 0.1) is 53.8 Å². The highest BCUT2D eigenvalue weighted by Gasteiger charge is 2.54. The Balaban J connectivity index is 1.22. The zero-order valence-corrected chi connectivity index (χ0v) is 32.2. The van der Waals surface area contributed by atoms with Crippen molar-refractivity contribution in [2.24, 2.45) is 11.1 Å². The fraction of sp³-hybridized carbons (Fsp3) is 0.469. The number of carbonyl (C=O) groups excluding carboxylic acids is 3. The average Bonchev–Trinajstić information content (AvgIpc) is 3.79. The maximum absolute atomic E-state index is 14.0. The summed E-state index contributed by atoms with van der Waals surface area (Å²) in [5.74, 6) is -3.85. The number of Topliss-reactive ketones (excluding diaryl/α,β-unsaturated/α-hetero) is 1. The number of hydrogen-bond acceptors (Lipinski definition) is 15. The number of hydrogen-bond donors (Lipinski definition) is 6. The summed E-state index contributed by atoms with van der Waals surface area (Å²) in [5.41, 5.74) is 5.06. The number of likely N-dealkylation sites (tertiary alicyclic amines) is 1. The van der Waals surface area contributed by atoms with Crippen molar-refractivity contribution in [3.63, 3.8) is 0 Å². The summed E-state index contributed by atoms with van der Waals surface area (Å²) in [6.07, 6.45) is 2.69. The fourth-order valence-electron chi connectivity index (χ4n) is 6.68. The smallest absolute Gasteiger partial charge is 0.350 e. The minimum atomic E-state index is -1.78. The molecule has 54 heavy (non-hydrogen) atoms. The first-order valence-corrected chi connectivity index (χ1v) is 19.4. The first-order chi connectivity index (χ1) is 25.6. The number of aliphatic carboxylic acids is 1. The fourth-order valence-corrected chi connectivity index (χ4v) is 9.26. The highest BCUT2D eigenvalue weighted by atomic mass is 35.5. The van der Waals surface area contributed by atoms with Gasteiger partial charge in [-0.3, -0.25) is 19.3 Å². The number of aromatic amines is 1. The number of ketones is 1. The summed E-state index contributed by atoms with van der Waals surface area (Å²) in [7, 11) is 0. The minimum absolute atomic E-state index is 0.0344. The molecule has 0 unspecified atom stereocenters. The zero-order chi connectivity index (χ0) is 38.9. The van der Waals surface area contributed by atoms with Crippen molar-refractivity contribution >= 4 is 86.4 Å². The molecule has 2 atom stereocenters. The predicted molar refractivity (Wildman–Crippen MR) is 199 cm³/mol. The standard InChI is InChI=1S/C32H36Cl2N10O8S2/c1-32(2,30(50)51)52-40-21(22-25(34)54-31(35)37-22)19(46)12-17-28(49)43-23(26-38-41-42-39-26)15(14-53-29(17)43)13-44(9-4-3-5-10-44)11-8-36-27(48)16-6-7-18(45)24(47)20(16)33/h6-7,17,29H,3-5,8-14H2,1-2H3,(H6-,35,36,37,38,39,40,41,42,45,46,47,48,50,51)/p+1/t17-,29-/m1/s1. The second-order valence-corrected chi connectivity index (χ2v) is 16.7. The molecule has 2 fully saturated rings. The van der Waals surface area contributed by atoms with E-state index in [4.69, 9.17) is 33.8 Å². The van der Waals surface area contributed by atoms with E-state index in [9.17, 15) is 34.5 Å². The summed E-state index contributed by atoms with van der Waals surface area (Å²) in [4.78, 5) is 63.4. The maximum Gasteiger partial charge on any atom is 0.350 e. The first-order valence-electron chi connectivity index (χ1n) is 16.8. The number of nitrogens with two attached hydrogens (primary N) is 1. The lowest BCUT2D eigenvalue weighted by Crippen LogP contribution is -2.62. The molecule has 22 heteroatoms. The largest absolute Gasteiger partial charge is 0.504 e. The molecule has 3 aromatic rings. The Morgan fingerprint density at radius 1 is 1.20 bits per heavy atom. The molecule has 2 saturated heterocycles. The van der Waals surface area contributed by atoms with Crippen LogP contribution in [-0.2, 0) is 19.2 Å². The number of anilines is 1. The molecule has 0 aliphatic carbocycles. The van der Waals surface area contributed by atoms with Gasteiger partial charge >= 0.3 is 5.97 Å². The van der Waals surface area contributed by atoms with E-state index in [1.807, 2.05) is 0 Å². The van der Waals surface area contributed by atoms with Gasteiger partial charge in [0.15, 0.2) is 28.1 Å².